The second kappa shape index (κ2) is 8.05. The Hall–Kier alpha value is -1.82. The molecule has 0 aromatic carbocycles. The minimum Gasteiger partial charge on any atom is -0.393 e. The van der Waals surface area contributed by atoms with Crippen LogP contribution in [0.3, 0.4) is 0 Å². The van der Waals surface area contributed by atoms with Crippen molar-refractivity contribution in [2.24, 2.45) is 0 Å². The third-order valence-electron chi connectivity index (χ3n) is 5.54. The molecule has 1 aromatic heterocycles. The molecule has 0 saturated carbocycles. The van der Waals surface area contributed by atoms with Gasteiger partial charge in [0.05, 0.1) is 0 Å². The van der Waals surface area contributed by atoms with E-state index < -0.39 is 0 Å². The zero-order chi connectivity index (χ0) is 19.5. The number of aromatic nitrogens is 2. The number of nitrogen functional groups attached to an aromatic ring is 1. The molecule has 1 aromatic rings. The van der Waals surface area contributed by atoms with Crippen LogP contribution in [-0.2, 0) is 0 Å². The summed E-state index contributed by atoms with van der Waals surface area (Å²) in [6.07, 6.45) is 12.2. The van der Waals surface area contributed by atoms with Gasteiger partial charge in [0.2, 0.25) is 0 Å². The lowest BCUT2D eigenvalue weighted by Crippen LogP contribution is -2.60. The summed E-state index contributed by atoms with van der Waals surface area (Å²) >= 11 is 0. The van der Waals surface area contributed by atoms with Gasteiger partial charge in [-0.15, -0.1) is 0 Å². The number of allylic oxidation sites excluding steroid dienone is 1. The predicted molar refractivity (Wildman–Crippen MR) is 114 cm³/mol. The Labute approximate surface area is 163 Å². The van der Waals surface area contributed by atoms with E-state index in [1.807, 2.05) is 0 Å². The number of nitrogens with two attached hydrogens (primary N) is 1. The summed E-state index contributed by atoms with van der Waals surface area (Å²) in [6.45, 7) is 9.86. The second-order valence-electron chi connectivity index (χ2n) is 9.41. The highest BCUT2D eigenvalue weighted by molar-refractivity contribution is 5.74. The fourth-order valence-corrected chi connectivity index (χ4v) is 4.74. The molecule has 0 radical (unpaired) electrons. The molecule has 0 amide bonds. The molecule has 1 saturated heterocycles. The van der Waals surface area contributed by atoms with Crippen LogP contribution in [0, 0.1) is 0 Å². The smallest absolute Gasteiger partial charge is 0.155 e. The number of nitrogens with one attached hydrogen (secondary N) is 3. The van der Waals surface area contributed by atoms with E-state index in [1.165, 1.54) is 25.7 Å². The first-order valence-corrected chi connectivity index (χ1v) is 10.3. The number of hydrogen-bond donors (Lipinski definition) is 4. The van der Waals surface area contributed by atoms with Crippen molar-refractivity contribution in [1.29, 1.82) is 0 Å². The molecule has 1 fully saturated rings. The third-order valence-corrected chi connectivity index (χ3v) is 5.54. The summed E-state index contributed by atoms with van der Waals surface area (Å²) in [6, 6.07) is 0.327. The van der Waals surface area contributed by atoms with Gasteiger partial charge in [-0.3, -0.25) is 0 Å². The fraction of sp³-hybridized carbons (Fsp3) is 0.714. The molecule has 6 nitrogen and oxygen atoms in total. The van der Waals surface area contributed by atoms with E-state index in [-0.39, 0.29) is 11.1 Å². The van der Waals surface area contributed by atoms with Gasteiger partial charge in [0.1, 0.15) is 12.0 Å². The van der Waals surface area contributed by atoms with Gasteiger partial charge >= 0.3 is 0 Å². The van der Waals surface area contributed by atoms with E-state index in [9.17, 15) is 0 Å². The van der Waals surface area contributed by atoms with Crippen molar-refractivity contribution in [3.63, 3.8) is 0 Å². The minimum absolute atomic E-state index is 0.0794. The summed E-state index contributed by atoms with van der Waals surface area (Å²) in [5, 5.41) is 10.7. The molecule has 2 heterocycles. The average molecular weight is 373 g/mol. The van der Waals surface area contributed by atoms with Crippen LogP contribution in [0.25, 0.3) is 0 Å². The number of nitrogens with zero attached hydrogens (tertiary/aromatic N) is 2. The first-order valence-electron chi connectivity index (χ1n) is 10.3. The van der Waals surface area contributed by atoms with Gasteiger partial charge in [-0.05, 0) is 72.6 Å². The van der Waals surface area contributed by atoms with Crippen LogP contribution < -0.4 is 21.7 Å². The Morgan fingerprint density at radius 3 is 2.48 bits per heavy atom. The summed E-state index contributed by atoms with van der Waals surface area (Å²) in [5.41, 5.74) is 8.70. The molecular weight excluding hydrogens is 336 g/mol. The average Bonchev–Trinajstić information content (AvgIpc) is 2.56. The van der Waals surface area contributed by atoms with E-state index >= 15 is 0 Å². The normalized spacial score (nSPS) is 22.1. The zero-order valence-electron chi connectivity index (χ0n) is 17.4. The van der Waals surface area contributed by atoms with Crippen molar-refractivity contribution in [1.82, 2.24) is 15.3 Å². The van der Waals surface area contributed by atoms with Crippen molar-refractivity contribution in [3.05, 3.63) is 18.0 Å². The van der Waals surface area contributed by atoms with Crippen molar-refractivity contribution in [3.8, 4) is 0 Å². The number of anilines is 3. The highest BCUT2D eigenvalue weighted by Gasteiger charge is 2.37. The van der Waals surface area contributed by atoms with Crippen LogP contribution in [0.4, 0.5) is 17.3 Å². The highest BCUT2D eigenvalue weighted by atomic mass is 15.1. The predicted octanol–water partition coefficient (Wildman–Crippen LogP) is 4.08. The standard InChI is InChI=1S/C21H36N6/c1-20(2)12-16(13-21(3,4)27-20)26-19-17(22)18(24-14-25-19)23-11-10-15-8-6-5-7-9-15/h8,14,16,27H,5-7,9-13,22H2,1-4H3,(H2,23,24,25,26). The molecule has 6 heteroatoms. The molecule has 0 atom stereocenters. The van der Waals surface area contributed by atoms with Gasteiger partial charge in [-0.2, -0.15) is 0 Å². The molecule has 1 aliphatic heterocycles. The maximum atomic E-state index is 6.37. The van der Waals surface area contributed by atoms with E-state index in [1.54, 1.807) is 11.9 Å². The van der Waals surface area contributed by atoms with Crippen LogP contribution >= 0.6 is 0 Å². The maximum Gasteiger partial charge on any atom is 0.155 e. The Morgan fingerprint density at radius 2 is 1.81 bits per heavy atom. The Kier molecular flexibility index (Phi) is 5.94. The zero-order valence-corrected chi connectivity index (χ0v) is 17.4. The molecule has 150 valence electrons. The monoisotopic (exact) mass is 372 g/mol. The summed E-state index contributed by atoms with van der Waals surface area (Å²) in [5.74, 6) is 1.47. The van der Waals surface area contributed by atoms with Gasteiger partial charge in [0, 0.05) is 23.7 Å². The Morgan fingerprint density at radius 1 is 1.11 bits per heavy atom. The molecular formula is C21H36N6. The Bertz CT molecular complexity index is 663. The molecule has 27 heavy (non-hydrogen) atoms. The molecule has 5 N–H and O–H groups in total. The number of hydrogen-bond acceptors (Lipinski definition) is 6. The van der Waals surface area contributed by atoms with E-state index in [4.69, 9.17) is 5.73 Å². The lowest BCUT2D eigenvalue weighted by Gasteiger charge is -2.46. The SMILES string of the molecule is CC1(C)CC(Nc2ncnc(NCCC3=CCCCC3)c2N)CC(C)(C)N1. The molecule has 3 rings (SSSR count). The number of piperidine rings is 1. The van der Waals surface area contributed by atoms with Crippen molar-refractivity contribution >= 4 is 17.3 Å². The Balaban J connectivity index is 1.61. The van der Waals surface area contributed by atoms with E-state index in [0.29, 0.717) is 11.7 Å². The van der Waals surface area contributed by atoms with Crippen LogP contribution in [-0.4, -0.2) is 33.6 Å². The first kappa shape index (κ1) is 19.9. The lowest BCUT2D eigenvalue weighted by molar-refractivity contribution is 0.170. The quantitative estimate of drug-likeness (QED) is 0.563. The third kappa shape index (κ3) is 5.58. The van der Waals surface area contributed by atoms with Crippen molar-refractivity contribution < 1.29 is 0 Å². The molecule has 0 bridgehead atoms. The summed E-state index contributed by atoms with van der Waals surface area (Å²) < 4.78 is 0. The molecule has 0 spiro atoms. The van der Waals surface area contributed by atoms with Crippen LogP contribution in [0.2, 0.25) is 0 Å². The van der Waals surface area contributed by atoms with Crippen molar-refractivity contribution in [2.45, 2.75) is 89.8 Å². The van der Waals surface area contributed by atoms with Crippen LogP contribution in [0.1, 0.15) is 72.6 Å². The van der Waals surface area contributed by atoms with Gasteiger partial charge in [-0.1, -0.05) is 11.6 Å². The summed E-state index contributed by atoms with van der Waals surface area (Å²) in [4.78, 5) is 8.76. The van der Waals surface area contributed by atoms with Crippen LogP contribution in [0.15, 0.2) is 18.0 Å². The highest BCUT2D eigenvalue weighted by Crippen LogP contribution is 2.32. The topological polar surface area (TPSA) is 87.9 Å². The minimum atomic E-state index is 0.0794. The van der Waals surface area contributed by atoms with E-state index in [2.05, 4.69) is 59.7 Å². The largest absolute Gasteiger partial charge is 0.393 e. The maximum absolute atomic E-state index is 6.37. The van der Waals surface area contributed by atoms with Crippen molar-refractivity contribution in [2.75, 3.05) is 22.9 Å². The first-order chi connectivity index (χ1) is 12.7. The van der Waals surface area contributed by atoms with Crippen LogP contribution in [0.5, 0.6) is 0 Å². The van der Waals surface area contributed by atoms with Gasteiger partial charge in [0.15, 0.2) is 11.6 Å². The molecule has 1 aliphatic carbocycles. The van der Waals surface area contributed by atoms with Gasteiger partial charge in [0.25, 0.3) is 0 Å². The van der Waals surface area contributed by atoms with Gasteiger partial charge in [-0.25, -0.2) is 9.97 Å². The lowest BCUT2D eigenvalue weighted by atomic mass is 9.79. The second-order valence-corrected chi connectivity index (χ2v) is 9.41. The van der Waals surface area contributed by atoms with Gasteiger partial charge < -0.3 is 21.7 Å². The van der Waals surface area contributed by atoms with E-state index in [0.717, 1.165) is 37.4 Å². The number of rotatable bonds is 6. The molecule has 2 aliphatic rings. The summed E-state index contributed by atoms with van der Waals surface area (Å²) in [7, 11) is 0. The fourth-order valence-electron chi connectivity index (χ4n) is 4.74. The molecule has 0 unspecified atom stereocenters.